The predicted molar refractivity (Wildman–Crippen MR) is 161 cm³/mol. The molecule has 2 unspecified atom stereocenters. The van der Waals surface area contributed by atoms with Gasteiger partial charge in [0.15, 0.2) is 0 Å². The molecule has 2 aliphatic carbocycles. The van der Waals surface area contributed by atoms with Crippen molar-refractivity contribution >= 4 is 48.0 Å². The van der Waals surface area contributed by atoms with Crippen molar-refractivity contribution < 1.29 is 26.2 Å². The van der Waals surface area contributed by atoms with Crippen LogP contribution >= 0.6 is 0 Å². The van der Waals surface area contributed by atoms with Gasteiger partial charge < -0.3 is 24.2 Å². The maximum absolute atomic E-state index is 6.67. The molecule has 2 fully saturated rings. The van der Waals surface area contributed by atoms with Crippen LogP contribution in [0.2, 0.25) is 10.1 Å². The standard InChI is InChI=1S/C20H28S2Si2.2C5H5.Zr/c1-19(2,3)23(21,17-13-9-7-10-14-17)24(22,20(4,5)6)18-15-11-8-12-16-18;2*1-2-4-5-3-1;/h7-16H,1-6H3;2*1-5H;/q-2;;;+4. The van der Waals surface area contributed by atoms with Crippen LogP contribution in [0.4, 0.5) is 0 Å². The fraction of sp³-hybridized carbons (Fsp3) is 0.267. The van der Waals surface area contributed by atoms with Crippen LogP contribution in [-0.4, -0.2) is 13.5 Å². The molecule has 0 saturated heterocycles. The van der Waals surface area contributed by atoms with Crippen molar-refractivity contribution in [3.05, 3.63) is 125 Å². The van der Waals surface area contributed by atoms with E-state index in [4.69, 9.17) is 24.2 Å². The molecular weight excluding hydrogens is 572 g/mol. The average Bonchev–Trinajstić information content (AvgIpc) is 3.57. The third-order valence-electron chi connectivity index (χ3n) is 6.08. The fourth-order valence-electron chi connectivity index (χ4n) is 4.32. The zero-order valence-corrected chi connectivity index (χ0v) is 28.0. The first-order valence-corrected chi connectivity index (χ1v) is 19.1. The molecule has 0 nitrogen and oxygen atoms in total. The quantitative estimate of drug-likeness (QED) is 0.288. The average molecular weight is 610 g/mol. The van der Waals surface area contributed by atoms with E-state index in [-0.39, 0.29) is 36.3 Å². The van der Waals surface area contributed by atoms with Crippen LogP contribution in [-0.2, 0) is 50.4 Å². The first kappa shape index (κ1) is 33.5. The molecule has 0 aliphatic heterocycles. The summed E-state index contributed by atoms with van der Waals surface area (Å²) in [5.74, 6) is 0. The molecular formula is C30H38S2Si2Zr+2. The number of rotatable bonds is 3. The molecule has 5 heteroatoms. The maximum Gasteiger partial charge on any atom is 4.00 e. The van der Waals surface area contributed by atoms with Gasteiger partial charge in [0.05, 0.1) is 0 Å². The summed E-state index contributed by atoms with van der Waals surface area (Å²) < 4.78 is 0. The minimum atomic E-state index is -2.42. The molecule has 2 aromatic carbocycles. The Hall–Kier alpha value is 0.457. The summed E-state index contributed by atoms with van der Waals surface area (Å²) in [6.07, 6.45) is 20.0. The molecule has 2 aromatic rings. The Bertz CT molecular complexity index is 738. The van der Waals surface area contributed by atoms with Crippen LogP contribution in [0.5, 0.6) is 0 Å². The van der Waals surface area contributed by atoms with E-state index in [0.29, 0.717) is 0 Å². The van der Waals surface area contributed by atoms with Gasteiger partial charge in [0.1, 0.15) is 0 Å². The number of hydrogen-bond acceptors (Lipinski definition) is 2. The van der Waals surface area contributed by atoms with Crippen LogP contribution in [0.3, 0.4) is 0 Å². The third-order valence-corrected chi connectivity index (χ3v) is 34.6. The van der Waals surface area contributed by atoms with Gasteiger partial charge in [-0.1, -0.05) is 136 Å². The van der Waals surface area contributed by atoms with Crippen molar-refractivity contribution in [1.29, 1.82) is 0 Å². The summed E-state index contributed by atoms with van der Waals surface area (Å²) in [4.78, 5) is 0. The van der Waals surface area contributed by atoms with Gasteiger partial charge in [-0.3, -0.25) is 0 Å². The Labute approximate surface area is 248 Å². The van der Waals surface area contributed by atoms with Crippen molar-refractivity contribution in [2.24, 2.45) is 0 Å². The monoisotopic (exact) mass is 608 g/mol. The summed E-state index contributed by atoms with van der Waals surface area (Å²) in [5, 5.41) is 2.68. The van der Waals surface area contributed by atoms with E-state index in [0.717, 1.165) is 0 Å². The Kier molecular flexibility index (Phi) is 14.5. The molecule has 10 radical (unpaired) electrons. The van der Waals surface area contributed by atoms with E-state index < -0.39 is 13.5 Å². The molecule has 180 valence electrons. The van der Waals surface area contributed by atoms with E-state index in [1.807, 2.05) is 64.2 Å². The van der Waals surface area contributed by atoms with Gasteiger partial charge in [0.25, 0.3) is 0 Å². The fourth-order valence-corrected chi connectivity index (χ4v) is 28.5. The molecule has 2 aliphatic rings. The summed E-state index contributed by atoms with van der Waals surface area (Å²) in [6.45, 7) is 9.00. The van der Waals surface area contributed by atoms with Crippen molar-refractivity contribution in [2.75, 3.05) is 0 Å². The summed E-state index contributed by atoms with van der Waals surface area (Å²) in [6, 6.07) is 21.5. The number of benzene rings is 2. The van der Waals surface area contributed by atoms with E-state index >= 15 is 0 Å². The van der Waals surface area contributed by atoms with Gasteiger partial charge in [-0.2, -0.15) is 0 Å². The van der Waals surface area contributed by atoms with Crippen molar-refractivity contribution in [3.8, 4) is 0 Å². The summed E-state index contributed by atoms with van der Waals surface area (Å²) in [5.41, 5.74) is 0. The zero-order valence-electron chi connectivity index (χ0n) is 21.9. The van der Waals surface area contributed by atoms with Crippen molar-refractivity contribution in [2.45, 2.75) is 51.6 Å². The molecule has 4 rings (SSSR count). The van der Waals surface area contributed by atoms with E-state index in [9.17, 15) is 0 Å². The minimum absolute atomic E-state index is 0. The SMILES string of the molecule is CC(C)(C)[Si]([S-])(c1ccccc1)[Si]([S-])(c1ccccc1)C(C)(C)C.[CH]1[CH][CH][CH][CH]1.[CH]1[CH][CH][CH][CH]1.[Zr+4]. The van der Waals surface area contributed by atoms with Crippen molar-refractivity contribution in [3.63, 3.8) is 0 Å². The van der Waals surface area contributed by atoms with Crippen LogP contribution in [0.1, 0.15) is 41.5 Å². The van der Waals surface area contributed by atoms with Crippen molar-refractivity contribution in [1.82, 2.24) is 0 Å². The van der Waals surface area contributed by atoms with Crippen LogP contribution in [0, 0.1) is 64.2 Å². The molecule has 0 aromatic heterocycles. The van der Waals surface area contributed by atoms with E-state index in [1.165, 1.54) is 10.4 Å². The van der Waals surface area contributed by atoms with Gasteiger partial charge in [-0.05, 0) is 64.2 Å². The Morgan fingerprint density at radius 2 is 0.629 bits per heavy atom. The minimum Gasteiger partial charge on any atom is -0.794 e. The summed E-state index contributed by atoms with van der Waals surface area (Å²) >= 11 is 13.3. The molecule has 2 saturated carbocycles. The number of hydrogen-bond donors (Lipinski definition) is 0. The van der Waals surface area contributed by atoms with E-state index in [2.05, 4.69) is 102 Å². The van der Waals surface area contributed by atoms with Crippen LogP contribution in [0.25, 0.3) is 0 Å². The zero-order chi connectivity index (χ0) is 25.3. The molecule has 0 heterocycles. The second-order valence-electron chi connectivity index (χ2n) is 10.5. The second-order valence-corrected chi connectivity index (χ2v) is 27.7. The largest absolute Gasteiger partial charge is 4.00 e. The first-order valence-electron chi connectivity index (χ1n) is 11.8. The Morgan fingerprint density at radius 3 is 0.800 bits per heavy atom. The molecule has 0 spiro atoms. The summed E-state index contributed by atoms with van der Waals surface area (Å²) in [7, 11) is 0. The van der Waals surface area contributed by atoms with Gasteiger partial charge >= 0.3 is 26.2 Å². The maximum atomic E-state index is 6.67. The predicted octanol–water partition coefficient (Wildman–Crippen LogP) is 6.50. The van der Waals surface area contributed by atoms with E-state index in [1.54, 1.807) is 0 Å². The van der Waals surface area contributed by atoms with Crippen LogP contribution < -0.4 is 10.4 Å². The molecule has 35 heavy (non-hydrogen) atoms. The Morgan fingerprint density at radius 1 is 0.429 bits per heavy atom. The third kappa shape index (κ3) is 8.47. The Balaban J connectivity index is 0.000000456. The molecule has 2 atom stereocenters. The molecule has 0 N–H and O–H groups in total. The van der Waals surface area contributed by atoms with Gasteiger partial charge in [0.2, 0.25) is 0 Å². The smallest absolute Gasteiger partial charge is 0.794 e. The second kappa shape index (κ2) is 15.1. The van der Waals surface area contributed by atoms with Gasteiger partial charge in [-0.25, -0.2) is 0 Å². The topological polar surface area (TPSA) is 0 Å². The van der Waals surface area contributed by atoms with Gasteiger partial charge in [0, 0.05) is 0 Å². The first-order chi connectivity index (χ1) is 16.0. The molecule has 0 bridgehead atoms. The van der Waals surface area contributed by atoms with Gasteiger partial charge in [-0.15, -0.1) is 0 Å². The molecule has 0 amide bonds. The normalized spacial score (nSPS) is 19.1. The van der Waals surface area contributed by atoms with Crippen LogP contribution in [0.15, 0.2) is 60.7 Å².